The summed E-state index contributed by atoms with van der Waals surface area (Å²) in [6.07, 6.45) is 0.925. The van der Waals surface area contributed by atoms with Crippen molar-refractivity contribution >= 4 is 63.2 Å². The lowest BCUT2D eigenvalue weighted by atomic mass is 10.1. The molecule has 0 saturated carbocycles. The first-order valence-electron chi connectivity index (χ1n) is 11.1. The molecule has 2 heterocycles. The van der Waals surface area contributed by atoms with Gasteiger partial charge in [0.15, 0.2) is 16.5 Å². The van der Waals surface area contributed by atoms with Gasteiger partial charge in [-0.3, -0.25) is 10.1 Å². The molecule has 5 aromatic rings. The van der Waals surface area contributed by atoms with Gasteiger partial charge in [0.2, 0.25) is 5.89 Å². The standard InChI is InChI=1S/C27H19Cl2N3O3S/c1-2-15-9-10-22-20(13-15)31-26(35-22)16-5-3-6-17(14-16)30-27(36)32-25(33)23-12-11-21(34-23)18-7-4-8-19(28)24(18)29/h3-14H,2H2,1H3,(H2,30,32,33,36). The molecule has 0 unspecified atom stereocenters. The SMILES string of the molecule is CCc1ccc2oc(-c3cccc(NC(=S)NC(=O)c4ccc(-c5cccc(Cl)c5Cl)o4)c3)nc2c1. The lowest BCUT2D eigenvalue weighted by Crippen LogP contribution is -2.33. The maximum atomic E-state index is 12.7. The monoisotopic (exact) mass is 535 g/mol. The van der Waals surface area contributed by atoms with Crippen LogP contribution in [0.4, 0.5) is 5.69 Å². The number of rotatable bonds is 5. The number of aromatic nitrogens is 1. The van der Waals surface area contributed by atoms with Crippen LogP contribution in [0.2, 0.25) is 10.0 Å². The van der Waals surface area contributed by atoms with Crippen molar-refractivity contribution < 1.29 is 13.6 Å². The van der Waals surface area contributed by atoms with Gasteiger partial charge >= 0.3 is 0 Å². The van der Waals surface area contributed by atoms with Crippen LogP contribution >= 0.6 is 35.4 Å². The van der Waals surface area contributed by atoms with E-state index in [1.54, 1.807) is 30.3 Å². The Morgan fingerprint density at radius 2 is 1.83 bits per heavy atom. The summed E-state index contributed by atoms with van der Waals surface area (Å²) in [6, 6.07) is 21.8. The molecule has 0 saturated heterocycles. The van der Waals surface area contributed by atoms with Crippen LogP contribution < -0.4 is 10.6 Å². The molecule has 6 nitrogen and oxygen atoms in total. The second-order valence-electron chi connectivity index (χ2n) is 7.93. The maximum Gasteiger partial charge on any atom is 0.293 e. The number of benzene rings is 3. The van der Waals surface area contributed by atoms with Crippen LogP contribution in [-0.4, -0.2) is 16.0 Å². The number of furan rings is 1. The normalized spacial score (nSPS) is 11.0. The first-order valence-corrected chi connectivity index (χ1v) is 12.2. The summed E-state index contributed by atoms with van der Waals surface area (Å²) in [5.41, 5.74) is 4.75. The summed E-state index contributed by atoms with van der Waals surface area (Å²) in [4.78, 5) is 17.3. The van der Waals surface area contributed by atoms with Gasteiger partial charge in [0, 0.05) is 16.8 Å². The molecule has 0 spiro atoms. The van der Waals surface area contributed by atoms with E-state index >= 15 is 0 Å². The van der Waals surface area contributed by atoms with Crippen LogP contribution in [0, 0.1) is 0 Å². The number of amides is 1. The Labute approximate surface area is 222 Å². The van der Waals surface area contributed by atoms with E-state index in [9.17, 15) is 4.79 Å². The second kappa shape index (κ2) is 10.1. The van der Waals surface area contributed by atoms with E-state index in [-0.39, 0.29) is 10.9 Å². The molecular weight excluding hydrogens is 517 g/mol. The minimum atomic E-state index is -0.501. The smallest absolute Gasteiger partial charge is 0.293 e. The summed E-state index contributed by atoms with van der Waals surface area (Å²) in [7, 11) is 0. The van der Waals surface area contributed by atoms with Crippen molar-refractivity contribution in [3.63, 3.8) is 0 Å². The highest BCUT2D eigenvalue weighted by Gasteiger charge is 2.16. The summed E-state index contributed by atoms with van der Waals surface area (Å²) >= 11 is 17.7. The third-order valence-corrected chi connectivity index (χ3v) is 6.52. The van der Waals surface area contributed by atoms with Crippen LogP contribution in [0.25, 0.3) is 33.9 Å². The van der Waals surface area contributed by atoms with Gasteiger partial charge in [-0.05, 0) is 78.8 Å². The first-order chi connectivity index (χ1) is 17.4. The fraction of sp³-hybridized carbons (Fsp3) is 0.0741. The number of oxazole rings is 1. The highest BCUT2D eigenvalue weighted by molar-refractivity contribution is 7.80. The fourth-order valence-electron chi connectivity index (χ4n) is 3.67. The molecular formula is C27H19Cl2N3O3S. The van der Waals surface area contributed by atoms with E-state index in [0.717, 1.165) is 23.1 Å². The van der Waals surface area contributed by atoms with Crippen LogP contribution in [0.5, 0.6) is 0 Å². The Hall–Kier alpha value is -3.65. The minimum Gasteiger partial charge on any atom is -0.451 e. The number of nitrogens with one attached hydrogen (secondary N) is 2. The third-order valence-electron chi connectivity index (χ3n) is 5.50. The molecule has 0 atom stereocenters. The van der Waals surface area contributed by atoms with Crippen LogP contribution in [0.1, 0.15) is 23.0 Å². The number of hydrogen-bond donors (Lipinski definition) is 2. The summed E-state index contributed by atoms with van der Waals surface area (Å²) in [5.74, 6) is 0.499. The van der Waals surface area contributed by atoms with Gasteiger partial charge in [0.1, 0.15) is 11.3 Å². The Balaban J connectivity index is 1.27. The van der Waals surface area contributed by atoms with E-state index in [4.69, 9.17) is 44.3 Å². The number of aryl methyl sites for hydroxylation is 1. The number of thiocarbonyl (C=S) groups is 1. The van der Waals surface area contributed by atoms with E-state index in [1.165, 1.54) is 5.56 Å². The number of anilines is 1. The fourth-order valence-corrected chi connectivity index (χ4v) is 4.28. The summed E-state index contributed by atoms with van der Waals surface area (Å²) in [5, 5.41) is 6.49. The molecule has 5 rings (SSSR count). The van der Waals surface area contributed by atoms with E-state index in [2.05, 4.69) is 22.5 Å². The molecule has 0 aliphatic rings. The highest BCUT2D eigenvalue weighted by Crippen LogP contribution is 2.34. The van der Waals surface area contributed by atoms with Crippen LogP contribution in [0.15, 0.2) is 81.6 Å². The molecule has 0 radical (unpaired) electrons. The van der Waals surface area contributed by atoms with Gasteiger partial charge in [-0.1, -0.05) is 48.3 Å². The number of halogens is 2. The molecule has 0 aliphatic heterocycles. The third kappa shape index (κ3) is 4.99. The van der Waals surface area contributed by atoms with Crippen LogP contribution in [0.3, 0.4) is 0 Å². The Morgan fingerprint density at radius 3 is 2.67 bits per heavy atom. The highest BCUT2D eigenvalue weighted by atomic mass is 35.5. The number of hydrogen-bond acceptors (Lipinski definition) is 5. The summed E-state index contributed by atoms with van der Waals surface area (Å²) < 4.78 is 11.6. The Morgan fingerprint density at radius 1 is 1.00 bits per heavy atom. The number of carbonyl (C=O) groups is 1. The average Bonchev–Trinajstić information content (AvgIpc) is 3.53. The quantitative estimate of drug-likeness (QED) is 0.224. The predicted molar refractivity (Wildman–Crippen MR) is 147 cm³/mol. The van der Waals surface area contributed by atoms with Gasteiger partial charge in [-0.2, -0.15) is 0 Å². The zero-order valence-electron chi connectivity index (χ0n) is 19.0. The number of carbonyl (C=O) groups excluding carboxylic acids is 1. The molecule has 0 bridgehead atoms. The van der Waals surface area contributed by atoms with Gasteiger partial charge in [-0.15, -0.1) is 0 Å². The van der Waals surface area contributed by atoms with Gasteiger partial charge in [-0.25, -0.2) is 4.98 Å². The molecule has 0 aliphatic carbocycles. The van der Waals surface area contributed by atoms with Crippen molar-refractivity contribution in [2.24, 2.45) is 0 Å². The molecule has 2 aromatic heterocycles. The lowest BCUT2D eigenvalue weighted by Gasteiger charge is -2.09. The zero-order chi connectivity index (χ0) is 25.2. The largest absolute Gasteiger partial charge is 0.451 e. The first kappa shape index (κ1) is 24.1. The molecule has 36 heavy (non-hydrogen) atoms. The lowest BCUT2D eigenvalue weighted by molar-refractivity contribution is 0.0951. The van der Waals surface area contributed by atoms with Gasteiger partial charge < -0.3 is 14.2 Å². The van der Waals surface area contributed by atoms with Gasteiger partial charge in [0.25, 0.3) is 5.91 Å². The Kier molecular flexibility index (Phi) is 6.78. The Bertz CT molecular complexity index is 1610. The van der Waals surface area contributed by atoms with E-state index < -0.39 is 5.91 Å². The van der Waals surface area contributed by atoms with Crippen molar-refractivity contribution in [2.45, 2.75) is 13.3 Å². The maximum absolute atomic E-state index is 12.7. The van der Waals surface area contributed by atoms with E-state index in [1.807, 2.05) is 42.5 Å². The molecule has 2 N–H and O–H groups in total. The van der Waals surface area contributed by atoms with Gasteiger partial charge in [0.05, 0.1) is 10.0 Å². The van der Waals surface area contributed by atoms with E-state index in [0.29, 0.717) is 32.9 Å². The second-order valence-corrected chi connectivity index (χ2v) is 9.12. The molecule has 1 amide bonds. The minimum absolute atomic E-state index is 0.0804. The predicted octanol–water partition coefficient (Wildman–Crippen LogP) is 7.75. The van der Waals surface area contributed by atoms with Crippen LogP contribution in [-0.2, 0) is 6.42 Å². The summed E-state index contributed by atoms with van der Waals surface area (Å²) in [6.45, 7) is 2.10. The molecule has 3 aromatic carbocycles. The zero-order valence-corrected chi connectivity index (χ0v) is 21.3. The van der Waals surface area contributed by atoms with Crippen molar-refractivity contribution in [3.8, 4) is 22.8 Å². The number of fused-ring (bicyclic) bond motifs is 1. The average molecular weight is 536 g/mol. The molecule has 0 fully saturated rings. The molecule has 9 heteroatoms. The number of nitrogens with zero attached hydrogens (tertiary/aromatic N) is 1. The van der Waals surface area contributed by atoms with Crippen molar-refractivity contribution in [1.29, 1.82) is 0 Å². The van der Waals surface area contributed by atoms with Crippen molar-refractivity contribution in [1.82, 2.24) is 10.3 Å². The van der Waals surface area contributed by atoms with Crippen molar-refractivity contribution in [2.75, 3.05) is 5.32 Å². The molecule has 180 valence electrons. The van der Waals surface area contributed by atoms with Crippen molar-refractivity contribution in [3.05, 3.63) is 94.2 Å². The topological polar surface area (TPSA) is 80.3 Å².